The molecule has 0 saturated heterocycles. The number of hydrogen-bond donors (Lipinski definition) is 2. The van der Waals surface area contributed by atoms with Crippen molar-refractivity contribution in [2.45, 2.75) is 13.8 Å². The number of aryl methyl sites for hydroxylation is 2. The van der Waals surface area contributed by atoms with E-state index in [0.29, 0.717) is 17.1 Å². The zero-order chi connectivity index (χ0) is 13.1. The fraction of sp³-hybridized carbons (Fsp3) is 0.143. The molecule has 4 heteroatoms. The number of nitrogens with two attached hydrogens (primary N) is 1. The third-order valence-electron chi connectivity index (χ3n) is 2.72. The summed E-state index contributed by atoms with van der Waals surface area (Å²) in [5, 5.41) is 2.72. The van der Waals surface area contributed by atoms with Crippen molar-refractivity contribution in [1.29, 1.82) is 0 Å². The van der Waals surface area contributed by atoms with E-state index in [1.165, 1.54) is 0 Å². The molecule has 0 aliphatic carbocycles. The Balaban J connectivity index is 2.22. The van der Waals surface area contributed by atoms with Gasteiger partial charge in [-0.05, 0) is 37.1 Å². The quantitative estimate of drug-likeness (QED) is 0.794. The standard InChI is InChI=1S/C14H15N3O/c1-9-6-7-12(16-8-9)17-14(18)11-5-3-4-10(2)13(11)15/h3-8H,15H2,1-2H3,(H,16,17,18). The molecule has 0 atom stereocenters. The van der Waals surface area contributed by atoms with E-state index in [1.54, 1.807) is 18.3 Å². The van der Waals surface area contributed by atoms with E-state index in [1.807, 2.05) is 32.0 Å². The van der Waals surface area contributed by atoms with Gasteiger partial charge in [-0.15, -0.1) is 0 Å². The summed E-state index contributed by atoms with van der Waals surface area (Å²) in [6.07, 6.45) is 1.70. The number of benzene rings is 1. The molecule has 0 radical (unpaired) electrons. The molecular formula is C14H15N3O. The Hall–Kier alpha value is -2.36. The highest BCUT2D eigenvalue weighted by atomic mass is 16.1. The van der Waals surface area contributed by atoms with Gasteiger partial charge in [0.1, 0.15) is 5.82 Å². The first-order valence-electron chi connectivity index (χ1n) is 5.67. The molecule has 0 fully saturated rings. The van der Waals surface area contributed by atoms with Crippen molar-refractivity contribution in [2.24, 2.45) is 0 Å². The minimum atomic E-state index is -0.243. The van der Waals surface area contributed by atoms with Crippen molar-refractivity contribution in [1.82, 2.24) is 4.98 Å². The van der Waals surface area contributed by atoms with Crippen LogP contribution in [-0.2, 0) is 0 Å². The molecule has 1 aromatic heterocycles. The number of aromatic nitrogens is 1. The fourth-order valence-electron chi connectivity index (χ4n) is 1.60. The summed E-state index contributed by atoms with van der Waals surface area (Å²) in [5.41, 5.74) is 8.78. The SMILES string of the molecule is Cc1ccc(NC(=O)c2cccc(C)c2N)nc1. The third kappa shape index (κ3) is 2.48. The van der Waals surface area contributed by atoms with Gasteiger partial charge in [0, 0.05) is 11.9 Å². The lowest BCUT2D eigenvalue weighted by Crippen LogP contribution is -2.15. The van der Waals surface area contributed by atoms with Crippen molar-refractivity contribution in [2.75, 3.05) is 11.1 Å². The van der Waals surface area contributed by atoms with Crippen molar-refractivity contribution < 1.29 is 4.79 Å². The Morgan fingerprint density at radius 1 is 1.22 bits per heavy atom. The van der Waals surface area contributed by atoms with Gasteiger partial charge in [-0.2, -0.15) is 0 Å². The Bertz CT molecular complexity index is 576. The van der Waals surface area contributed by atoms with Gasteiger partial charge in [-0.25, -0.2) is 4.98 Å². The van der Waals surface area contributed by atoms with Crippen molar-refractivity contribution in [3.05, 3.63) is 53.2 Å². The summed E-state index contributed by atoms with van der Waals surface area (Å²) in [6, 6.07) is 9.03. The summed E-state index contributed by atoms with van der Waals surface area (Å²) in [7, 11) is 0. The largest absolute Gasteiger partial charge is 0.398 e. The first kappa shape index (κ1) is 12.1. The molecule has 1 aromatic carbocycles. The molecular weight excluding hydrogens is 226 g/mol. The third-order valence-corrected chi connectivity index (χ3v) is 2.72. The van der Waals surface area contributed by atoms with Gasteiger partial charge >= 0.3 is 0 Å². The first-order valence-corrected chi connectivity index (χ1v) is 5.67. The summed E-state index contributed by atoms with van der Waals surface area (Å²) in [6.45, 7) is 3.81. The normalized spacial score (nSPS) is 10.1. The van der Waals surface area contributed by atoms with E-state index in [9.17, 15) is 4.79 Å². The number of nitrogens with zero attached hydrogens (tertiary/aromatic N) is 1. The average Bonchev–Trinajstić information content (AvgIpc) is 2.35. The minimum Gasteiger partial charge on any atom is -0.398 e. The van der Waals surface area contributed by atoms with Crippen LogP contribution in [0, 0.1) is 13.8 Å². The van der Waals surface area contributed by atoms with Crippen LogP contribution in [0.25, 0.3) is 0 Å². The molecule has 2 rings (SSSR count). The lowest BCUT2D eigenvalue weighted by molar-refractivity contribution is 0.102. The van der Waals surface area contributed by atoms with Crippen LogP contribution < -0.4 is 11.1 Å². The predicted octanol–water partition coefficient (Wildman–Crippen LogP) is 2.53. The summed E-state index contributed by atoms with van der Waals surface area (Å²) >= 11 is 0. The highest BCUT2D eigenvalue weighted by molar-refractivity contribution is 6.07. The van der Waals surface area contributed by atoms with Crippen LogP contribution in [0.2, 0.25) is 0 Å². The summed E-state index contributed by atoms with van der Waals surface area (Å²) in [4.78, 5) is 16.2. The summed E-state index contributed by atoms with van der Waals surface area (Å²) in [5.74, 6) is 0.277. The maximum absolute atomic E-state index is 12.0. The van der Waals surface area contributed by atoms with Gasteiger partial charge in [0.2, 0.25) is 0 Å². The molecule has 1 heterocycles. The van der Waals surface area contributed by atoms with Crippen LogP contribution in [0.4, 0.5) is 11.5 Å². The second kappa shape index (κ2) is 4.87. The monoisotopic (exact) mass is 241 g/mol. The van der Waals surface area contributed by atoms with Crippen molar-refractivity contribution >= 4 is 17.4 Å². The number of carbonyl (C=O) groups is 1. The van der Waals surface area contributed by atoms with Crippen LogP contribution in [0.3, 0.4) is 0 Å². The number of amides is 1. The number of nitrogens with one attached hydrogen (secondary N) is 1. The number of rotatable bonds is 2. The lowest BCUT2D eigenvalue weighted by atomic mass is 10.1. The predicted molar refractivity (Wildman–Crippen MR) is 72.5 cm³/mol. The molecule has 0 bridgehead atoms. The van der Waals surface area contributed by atoms with Gasteiger partial charge < -0.3 is 11.1 Å². The van der Waals surface area contributed by atoms with Gasteiger partial charge in [0.25, 0.3) is 5.91 Å². The highest BCUT2D eigenvalue weighted by Crippen LogP contribution is 2.17. The minimum absolute atomic E-state index is 0.243. The fourth-order valence-corrected chi connectivity index (χ4v) is 1.60. The Morgan fingerprint density at radius 2 is 2.00 bits per heavy atom. The Morgan fingerprint density at radius 3 is 2.67 bits per heavy atom. The number of para-hydroxylation sites is 1. The topological polar surface area (TPSA) is 68.0 Å². The molecule has 92 valence electrons. The second-order valence-corrected chi connectivity index (χ2v) is 4.21. The molecule has 0 spiro atoms. The second-order valence-electron chi connectivity index (χ2n) is 4.21. The molecule has 2 aromatic rings. The Kier molecular flexibility index (Phi) is 3.28. The van der Waals surface area contributed by atoms with E-state index < -0.39 is 0 Å². The number of pyridine rings is 1. The molecule has 0 saturated carbocycles. The van der Waals surface area contributed by atoms with Crippen LogP contribution in [0.1, 0.15) is 21.5 Å². The highest BCUT2D eigenvalue weighted by Gasteiger charge is 2.11. The summed E-state index contributed by atoms with van der Waals surface area (Å²) < 4.78 is 0. The molecule has 0 aliphatic rings. The van der Waals surface area contributed by atoms with E-state index in [-0.39, 0.29) is 5.91 Å². The van der Waals surface area contributed by atoms with E-state index in [4.69, 9.17) is 5.73 Å². The molecule has 18 heavy (non-hydrogen) atoms. The van der Waals surface area contributed by atoms with Gasteiger partial charge in [-0.3, -0.25) is 4.79 Å². The van der Waals surface area contributed by atoms with Crippen molar-refractivity contribution in [3.8, 4) is 0 Å². The molecule has 0 unspecified atom stereocenters. The number of carbonyl (C=O) groups excluding carboxylic acids is 1. The van der Waals surface area contributed by atoms with E-state index in [2.05, 4.69) is 10.3 Å². The van der Waals surface area contributed by atoms with E-state index in [0.717, 1.165) is 11.1 Å². The van der Waals surface area contributed by atoms with Gasteiger partial charge in [-0.1, -0.05) is 18.2 Å². The molecule has 0 aliphatic heterocycles. The molecule has 1 amide bonds. The zero-order valence-corrected chi connectivity index (χ0v) is 10.4. The van der Waals surface area contributed by atoms with Crippen LogP contribution in [0.15, 0.2) is 36.5 Å². The van der Waals surface area contributed by atoms with Gasteiger partial charge in [0.05, 0.1) is 5.56 Å². The van der Waals surface area contributed by atoms with Gasteiger partial charge in [0.15, 0.2) is 0 Å². The zero-order valence-electron chi connectivity index (χ0n) is 10.4. The lowest BCUT2D eigenvalue weighted by Gasteiger charge is -2.08. The molecule has 3 N–H and O–H groups in total. The van der Waals surface area contributed by atoms with Crippen LogP contribution in [-0.4, -0.2) is 10.9 Å². The maximum Gasteiger partial charge on any atom is 0.258 e. The molecule has 4 nitrogen and oxygen atoms in total. The number of anilines is 2. The van der Waals surface area contributed by atoms with Crippen LogP contribution >= 0.6 is 0 Å². The van der Waals surface area contributed by atoms with Crippen molar-refractivity contribution in [3.63, 3.8) is 0 Å². The van der Waals surface area contributed by atoms with E-state index >= 15 is 0 Å². The van der Waals surface area contributed by atoms with Crippen LogP contribution in [0.5, 0.6) is 0 Å². The maximum atomic E-state index is 12.0. The average molecular weight is 241 g/mol. The Labute approximate surface area is 106 Å². The number of hydrogen-bond acceptors (Lipinski definition) is 3. The first-order chi connectivity index (χ1) is 8.58. The number of nitrogen functional groups attached to an aromatic ring is 1. The smallest absolute Gasteiger partial charge is 0.258 e.